The summed E-state index contributed by atoms with van der Waals surface area (Å²) >= 11 is 0. The van der Waals surface area contributed by atoms with E-state index in [1.807, 2.05) is 26.8 Å². The van der Waals surface area contributed by atoms with Crippen molar-refractivity contribution in [3.05, 3.63) is 34.4 Å². The number of nitrogens with zero attached hydrogens (tertiary/aromatic N) is 2. The van der Waals surface area contributed by atoms with E-state index in [9.17, 15) is 9.59 Å². The van der Waals surface area contributed by atoms with Gasteiger partial charge in [0.05, 0.1) is 24.3 Å². The highest BCUT2D eigenvalue weighted by Gasteiger charge is 2.40. The number of cyclic esters (lactones) is 1. The lowest BCUT2D eigenvalue weighted by atomic mass is 9.90. The van der Waals surface area contributed by atoms with Gasteiger partial charge in [-0.1, -0.05) is 6.07 Å². The summed E-state index contributed by atoms with van der Waals surface area (Å²) in [7, 11) is 0. The Kier molecular flexibility index (Phi) is 4.78. The second kappa shape index (κ2) is 7.24. The summed E-state index contributed by atoms with van der Waals surface area (Å²) in [5.41, 5.74) is 3.80. The number of hydrogen-bond acceptors (Lipinski definition) is 6. The molecular formula is C23H30N2O5. The minimum atomic E-state index is -0.486. The normalized spacial score (nSPS) is 26.8. The first kappa shape index (κ1) is 19.8. The van der Waals surface area contributed by atoms with E-state index in [0.29, 0.717) is 32.2 Å². The zero-order chi connectivity index (χ0) is 21.0. The molecule has 3 heterocycles. The summed E-state index contributed by atoms with van der Waals surface area (Å²) in [5.74, 6) is 0.316. The SMILES string of the molecule is CC(C)(C)OC(=O)N1CCN2C[C@@H](c3ccc4c(c3C3CC3)COC4=O)OC[C@@H]2C1. The van der Waals surface area contributed by atoms with Crippen LogP contribution < -0.4 is 0 Å². The Balaban J connectivity index is 1.30. The van der Waals surface area contributed by atoms with Gasteiger partial charge in [-0.3, -0.25) is 4.90 Å². The molecule has 4 aliphatic rings. The Labute approximate surface area is 177 Å². The van der Waals surface area contributed by atoms with Crippen molar-refractivity contribution in [2.75, 3.05) is 32.8 Å². The molecule has 1 aromatic carbocycles. The van der Waals surface area contributed by atoms with Gasteiger partial charge in [-0.25, -0.2) is 9.59 Å². The summed E-state index contributed by atoms with van der Waals surface area (Å²) in [6.07, 6.45) is 2.08. The molecule has 7 nitrogen and oxygen atoms in total. The number of rotatable bonds is 2. The number of hydrogen-bond donors (Lipinski definition) is 0. The van der Waals surface area contributed by atoms with Crippen LogP contribution in [0.5, 0.6) is 0 Å². The molecule has 0 radical (unpaired) electrons. The summed E-state index contributed by atoms with van der Waals surface area (Å²) < 4.78 is 17.2. The Morgan fingerprint density at radius 3 is 2.70 bits per heavy atom. The van der Waals surface area contributed by atoms with Crippen molar-refractivity contribution in [1.82, 2.24) is 9.80 Å². The first-order valence-electron chi connectivity index (χ1n) is 11.0. The molecular weight excluding hydrogens is 384 g/mol. The van der Waals surface area contributed by atoms with Gasteiger partial charge >= 0.3 is 12.1 Å². The van der Waals surface area contributed by atoms with E-state index < -0.39 is 5.60 Å². The van der Waals surface area contributed by atoms with Crippen molar-refractivity contribution in [2.45, 2.75) is 63.9 Å². The summed E-state index contributed by atoms with van der Waals surface area (Å²) in [4.78, 5) is 28.7. The lowest BCUT2D eigenvalue weighted by Crippen LogP contribution is -2.60. The van der Waals surface area contributed by atoms with E-state index in [1.165, 1.54) is 24.0 Å². The van der Waals surface area contributed by atoms with Crippen LogP contribution in [0.15, 0.2) is 12.1 Å². The summed E-state index contributed by atoms with van der Waals surface area (Å²) in [6, 6.07) is 4.16. The first-order chi connectivity index (χ1) is 14.3. The van der Waals surface area contributed by atoms with E-state index in [1.54, 1.807) is 4.90 Å². The van der Waals surface area contributed by atoms with E-state index >= 15 is 0 Å². The van der Waals surface area contributed by atoms with Crippen molar-refractivity contribution in [3.63, 3.8) is 0 Å². The zero-order valence-corrected chi connectivity index (χ0v) is 18.0. The number of esters is 1. The maximum atomic E-state index is 12.4. The first-order valence-corrected chi connectivity index (χ1v) is 11.0. The average Bonchev–Trinajstić information content (AvgIpc) is 3.48. The molecule has 0 unspecified atom stereocenters. The van der Waals surface area contributed by atoms with Crippen LogP contribution in [0.2, 0.25) is 0 Å². The van der Waals surface area contributed by atoms with Gasteiger partial charge in [-0.15, -0.1) is 0 Å². The Morgan fingerprint density at radius 1 is 1.17 bits per heavy atom. The van der Waals surface area contributed by atoms with Gasteiger partial charge in [-0.05, 0) is 56.7 Å². The van der Waals surface area contributed by atoms with Crippen LogP contribution in [-0.2, 0) is 20.8 Å². The molecule has 7 heteroatoms. The van der Waals surface area contributed by atoms with Crippen LogP contribution in [0, 0.1) is 0 Å². The van der Waals surface area contributed by atoms with E-state index in [4.69, 9.17) is 14.2 Å². The number of piperazine rings is 1. The van der Waals surface area contributed by atoms with Gasteiger partial charge in [0.25, 0.3) is 0 Å². The third kappa shape index (κ3) is 3.69. The average molecular weight is 415 g/mol. The second-order valence-electron chi connectivity index (χ2n) is 9.84. The van der Waals surface area contributed by atoms with E-state index in [-0.39, 0.29) is 24.2 Å². The molecule has 1 aliphatic carbocycles. The number of fused-ring (bicyclic) bond motifs is 2. The van der Waals surface area contributed by atoms with Crippen LogP contribution in [0.1, 0.15) is 72.7 Å². The topological polar surface area (TPSA) is 68.3 Å². The molecule has 3 fully saturated rings. The highest BCUT2D eigenvalue weighted by Crippen LogP contribution is 2.47. The Hall–Kier alpha value is -2.12. The van der Waals surface area contributed by atoms with Gasteiger partial charge in [0.1, 0.15) is 12.2 Å². The largest absolute Gasteiger partial charge is 0.457 e. The Bertz CT molecular complexity index is 873. The molecule has 5 rings (SSSR count). The molecule has 0 aromatic heterocycles. The maximum Gasteiger partial charge on any atom is 0.410 e. The molecule has 1 saturated carbocycles. The number of amides is 1. The molecule has 3 aliphatic heterocycles. The fourth-order valence-electron chi connectivity index (χ4n) is 4.84. The van der Waals surface area contributed by atoms with Gasteiger partial charge in [-0.2, -0.15) is 0 Å². The lowest BCUT2D eigenvalue weighted by molar-refractivity contribution is -0.0909. The quantitative estimate of drug-likeness (QED) is 0.692. The predicted octanol–water partition coefficient (Wildman–Crippen LogP) is 3.23. The molecule has 1 aromatic rings. The molecule has 0 bridgehead atoms. The monoisotopic (exact) mass is 414 g/mol. The Morgan fingerprint density at radius 2 is 1.97 bits per heavy atom. The summed E-state index contributed by atoms with van der Waals surface area (Å²) in [6.45, 7) is 9.56. The number of carbonyl (C=O) groups is 2. The number of morpholine rings is 1. The molecule has 0 spiro atoms. The van der Waals surface area contributed by atoms with Crippen molar-refractivity contribution in [3.8, 4) is 0 Å². The highest BCUT2D eigenvalue weighted by atomic mass is 16.6. The number of carbonyl (C=O) groups excluding carboxylic acids is 2. The van der Waals surface area contributed by atoms with E-state index in [2.05, 4.69) is 11.0 Å². The molecule has 162 valence electrons. The zero-order valence-electron chi connectivity index (χ0n) is 18.0. The van der Waals surface area contributed by atoms with Gasteiger partial charge in [0, 0.05) is 31.7 Å². The van der Waals surface area contributed by atoms with E-state index in [0.717, 1.165) is 24.2 Å². The fourth-order valence-corrected chi connectivity index (χ4v) is 4.84. The van der Waals surface area contributed by atoms with Crippen molar-refractivity contribution in [1.29, 1.82) is 0 Å². The van der Waals surface area contributed by atoms with Gasteiger partial charge in [0.15, 0.2) is 0 Å². The van der Waals surface area contributed by atoms with Crippen LogP contribution in [0.3, 0.4) is 0 Å². The van der Waals surface area contributed by atoms with Crippen molar-refractivity contribution >= 4 is 12.1 Å². The fraction of sp³-hybridized carbons (Fsp3) is 0.652. The standard InChI is InChI=1S/C23H30N2O5/c1-23(2,3)30-22(27)25-9-8-24-11-19(28-12-15(24)10-25)17-7-6-16-18(13-29-21(16)26)20(17)14-4-5-14/h6-7,14-15,19H,4-5,8-13H2,1-3H3/t15-,19-/m0/s1. The molecule has 2 atom stereocenters. The second-order valence-corrected chi connectivity index (χ2v) is 9.84. The third-order valence-electron chi connectivity index (χ3n) is 6.44. The molecule has 2 saturated heterocycles. The van der Waals surface area contributed by atoms with Crippen LogP contribution >= 0.6 is 0 Å². The van der Waals surface area contributed by atoms with Crippen LogP contribution in [0.25, 0.3) is 0 Å². The highest BCUT2D eigenvalue weighted by molar-refractivity contribution is 5.94. The molecule has 0 N–H and O–H groups in total. The predicted molar refractivity (Wildman–Crippen MR) is 109 cm³/mol. The van der Waals surface area contributed by atoms with Crippen molar-refractivity contribution in [2.24, 2.45) is 0 Å². The third-order valence-corrected chi connectivity index (χ3v) is 6.44. The minimum Gasteiger partial charge on any atom is -0.457 e. The van der Waals surface area contributed by atoms with Crippen molar-refractivity contribution < 1.29 is 23.8 Å². The smallest absolute Gasteiger partial charge is 0.410 e. The number of benzene rings is 1. The van der Waals surface area contributed by atoms with Gasteiger partial charge in [0.2, 0.25) is 0 Å². The van der Waals surface area contributed by atoms with Gasteiger partial charge < -0.3 is 19.1 Å². The van der Waals surface area contributed by atoms with Crippen LogP contribution in [0.4, 0.5) is 4.79 Å². The molecule has 30 heavy (non-hydrogen) atoms. The molecule has 1 amide bonds. The minimum absolute atomic E-state index is 0.00840. The summed E-state index contributed by atoms with van der Waals surface area (Å²) in [5, 5.41) is 0. The van der Waals surface area contributed by atoms with Crippen LogP contribution in [-0.4, -0.2) is 66.3 Å². The number of ether oxygens (including phenoxy) is 3. The maximum absolute atomic E-state index is 12.4. The lowest BCUT2D eigenvalue weighted by Gasteiger charge is -2.46.